The summed E-state index contributed by atoms with van der Waals surface area (Å²) >= 11 is 0. The first kappa shape index (κ1) is 13.0. The molecule has 0 aliphatic carbocycles. The third kappa shape index (κ3) is 3.07. The van der Waals surface area contributed by atoms with Crippen LogP contribution in [0.3, 0.4) is 0 Å². The fourth-order valence-corrected chi connectivity index (χ4v) is 2.38. The topological polar surface area (TPSA) is 45.2 Å². The van der Waals surface area contributed by atoms with Gasteiger partial charge in [-0.05, 0) is 24.5 Å². The van der Waals surface area contributed by atoms with Crippen LogP contribution in [-0.2, 0) is 4.79 Å². The van der Waals surface area contributed by atoms with Crippen LogP contribution in [-0.4, -0.2) is 41.5 Å². The number of nitrogens with zero attached hydrogens (tertiary/aromatic N) is 2. The summed E-state index contributed by atoms with van der Waals surface area (Å²) in [6, 6.07) is 4.25. The molecular weight excluding hydrogens is 226 g/mol. The molecule has 1 saturated heterocycles. The minimum atomic E-state index is 0.230. The van der Waals surface area contributed by atoms with Crippen LogP contribution in [0.5, 0.6) is 0 Å². The van der Waals surface area contributed by atoms with Crippen LogP contribution in [0.2, 0.25) is 0 Å². The zero-order valence-corrected chi connectivity index (χ0v) is 11.1. The Balaban J connectivity index is 1.94. The number of hydrogen-bond donors (Lipinski definition) is 1. The second-order valence-corrected chi connectivity index (χ2v) is 5.03. The molecule has 1 aliphatic rings. The van der Waals surface area contributed by atoms with Crippen molar-refractivity contribution in [3.8, 4) is 0 Å². The van der Waals surface area contributed by atoms with Crippen LogP contribution in [0.15, 0.2) is 24.5 Å². The fraction of sp³-hybridized carbons (Fsp3) is 0.571. The van der Waals surface area contributed by atoms with Gasteiger partial charge in [-0.1, -0.05) is 13.0 Å². The average Bonchev–Trinajstić information content (AvgIpc) is 2.40. The Bertz CT molecular complexity index is 393. The summed E-state index contributed by atoms with van der Waals surface area (Å²) in [7, 11) is 0. The van der Waals surface area contributed by atoms with Crippen LogP contribution in [0.1, 0.15) is 31.7 Å². The quantitative estimate of drug-likeness (QED) is 0.878. The number of nitrogens with one attached hydrogen (secondary N) is 1. The SMILES string of the molecule is CC(CC(=O)N1CCNC[C@H]1C)c1cccnc1. The first-order valence-corrected chi connectivity index (χ1v) is 6.58. The summed E-state index contributed by atoms with van der Waals surface area (Å²) in [5.41, 5.74) is 1.13. The molecule has 0 saturated carbocycles. The van der Waals surface area contributed by atoms with Crippen molar-refractivity contribution in [2.75, 3.05) is 19.6 Å². The highest BCUT2D eigenvalue weighted by atomic mass is 16.2. The molecule has 4 heteroatoms. The Morgan fingerprint density at radius 1 is 1.67 bits per heavy atom. The molecular formula is C14H21N3O. The van der Waals surface area contributed by atoms with Gasteiger partial charge in [0.15, 0.2) is 0 Å². The van der Waals surface area contributed by atoms with E-state index in [-0.39, 0.29) is 11.8 Å². The molecule has 2 rings (SSSR count). The van der Waals surface area contributed by atoms with Gasteiger partial charge in [-0.15, -0.1) is 0 Å². The summed E-state index contributed by atoms with van der Waals surface area (Å²) < 4.78 is 0. The van der Waals surface area contributed by atoms with Gasteiger partial charge in [-0.3, -0.25) is 9.78 Å². The second kappa shape index (κ2) is 5.96. The van der Waals surface area contributed by atoms with Crippen molar-refractivity contribution >= 4 is 5.91 Å². The van der Waals surface area contributed by atoms with Crippen LogP contribution >= 0.6 is 0 Å². The normalized spacial score (nSPS) is 21.7. The molecule has 1 unspecified atom stereocenters. The maximum absolute atomic E-state index is 12.3. The number of amides is 1. The Labute approximate surface area is 108 Å². The van der Waals surface area contributed by atoms with E-state index in [2.05, 4.69) is 24.1 Å². The van der Waals surface area contributed by atoms with Crippen LogP contribution in [0.25, 0.3) is 0 Å². The van der Waals surface area contributed by atoms with E-state index in [1.54, 1.807) is 6.20 Å². The predicted octanol–water partition coefficient (Wildman–Crippen LogP) is 1.40. The molecule has 0 bridgehead atoms. The highest BCUT2D eigenvalue weighted by molar-refractivity contribution is 5.77. The van der Waals surface area contributed by atoms with E-state index in [4.69, 9.17) is 0 Å². The number of hydrogen-bond acceptors (Lipinski definition) is 3. The maximum atomic E-state index is 12.3. The first-order valence-electron chi connectivity index (χ1n) is 6.58. The lowest BCUT2D eigenvalue weighted by molar-refractivity contribution is -0.134. The zero-order chi connectivity index (χ0) is 13.0. The number of pyridine rings is 1. The molecule has 0 aromatic carbocycles. The van der Waals surface area contributed by atoms with E-state index in [0.717, 1.165) is 25.2 Å². The smallest absolute Gasteiger partial charge is 0.223 e. The Morgan fingerprint density at radius 3 is 3.17 bits per heavy atom. The molecule has 1 amide bonds. The average molecular weight is 247 g/mol. The largest absolute Gasteiger partial charge is 0.337 e. The monoisotopic (exact) mass is 247 g/mol. The molecule has 0 radical (unpaired) electrons. The molecule has 18 heavy (non-hydrogen) atoms. The van der Waals surface area contributed by atoms with Gasteiger partial charge in [-0.2, -0.15) is 0 Å². The predicted molar refractivity (Wildman–Crippen MR) is 71.3 cm³/mol. The third-order valence-corrected chi connectivity index (χ3v) is 3.56. The number of rotatable bonds is 3. The zero-order valence-electron chi connectivity index (χ0n) is 11.1. The van der Waals surface area contributed by atoms with Crippen molar-refractivity contribution in [3.05, 3.63) is 30.1 Å². The van der Waals surface area contributed by atoms with Gasteiger partial charge >= 0.3 is 0 Å². The van der Waals surface area contributed by atoms with Crippen molar-refractivity contribution in [2.24, 2.45) is 0 Å². The highest BCUT2D eigenvalue weighted by Gasteiger charge is 2.24. The lowest BCUT2D eigenvalue weighted by Crippen LogP contribution is -2.52. The lowest BCUT2D eigenvalue weighted by atomic mass is 9.98. The van der Waals surface area contributed by atoms with Crippen molar-refractivity contribution < 1.29 is 4.79 Å². The number of aromatic nitrogens is 1. The summed E-state index contributed by atoms with van der Waals surface area (Å²) in [6.45, 7) is 6.80. The first-order chi connectivity index (χ1) is 8.68. The van der Waals surface area contributed by atoms with E-state index in [1.165, 1.54) is 0 Å². The highest BCUT2D eigenvalue weighted by Crippen LogP contribution is 2.19. The van der Waals surface area contributed by atoms with Gasteiger partial charge in [0.25, 0.3) is 0 Å². The minimum absolute atomic E-state index is 0.230. The van der Waals surface area contributed by atoms with Crippen LogP contribution in [0.4, 0.5) is 0 Å². The van der Waals surface area contributed by atoms with Gasteiger partial charge < -0.3 is 10.2 Å². The van der Waals surface area contributed by atoms with Crippen molar-refractivity contribution in [1.82, 2.24) is 15.2 Å². The van der Waals surface area contributed by atoms with Crippen molar-refractivity contribution in [3.63, 3.8) is 0 Å². The molecule has 1 fully saturated rings. The second-order valence-electron chi connectivity index (χ2n) is 5.03. The number of piperazine rings is 1. The Kier molecular flexibility index (Phi) is 4.31. The van der Waals surface area contributed by atoms with E-state index in [1.807, 2.05) is 23.2 Å². The van der Waals surface area contributed by atoms with Gasteiger partial charge in [0, 0.05) is 44.5 Å². The van der Waals surface area contributed by atoms with E-state index >= 15 is 0 Å². The molecule has 2 atom stereocenters. The van der Waals surface area contributed by atoms with Crippen LogP contribution < -0.4 is 5.32 Å². The fourth-order valence-electron chi connectivity index (χ4n) is 2.38. The summed E-state index contributed by atoms with van der Waals surface area (Å²) in [6.07, 6.45) is 4.17. The molecule has 1 N–H and O–H groups in total. The third-order valence-electron chi connectivity index (χ3n) is 3.56. The van der Waals surface area contributed by atoms with Gasteiger partial charge in [0.05, 0.1) is 0 Å². The minimum Gasteiger partial charge on any atom is -0.337 e. The number of carbonyl (C=O) groups excluding carboxylic acids is 1. The summed E-state index contributed by atoms with van der Waals surface area (Å²) in [5, 5.41) is 3.30. The van der Waals surface area contributed by atoms with E-state index < -0.39 is 0 Å². The standard InChI is InChI=1S/C14H21N3O/c1-11(13-4-3-5-15-10-13)8-14(18)17-7-6-16-9-12(17)2/h3-5,10-12,16H,6-9H2,1-2H3/t11?,12-/m1/s1. The van der Waals surface area contributed by atoms with E-state index in [0.29, 0.717) is 12.5 Å². The number of carbonyl (C=O) groups is 1. The van der Waals surface area contributed by atoms with E-state index in [9.17, 15) is 4.79 Å². The molecule has 1 aliphatic heterocycles. The van der Waals surface area contributed by atoms with Crippen molar-refractivity contribution in [2.45, 2.75) is 32.2 Å². The molecule has 1 aromatic heterocycles. The molecule has 0 spiro atoms. The molecule has 2 heterocycles. The summed E-state index contributed by atoms with van der Waals surface area (Å²) in [4.78, 5) is 18.4. The maximum Gasteiger partial charge on any atom is 0.223 e. The van der Waals surface area contributed by atoms with Gasteiger partial charge in [0.1, 0.15) is 0 Å². The van der Waals surface area contributed by atoms with Crippen LogP contribution in [0, 0.1) is 0 Å². The molecule has 4 nitrogen and oxygen atoms in total. The molecule has 98 valence electrons. The van der Waals surface area contributed by atoms with Gasteiger partial charge in [0.2, 0.25) is 5.91 Å². The van der Waals surface area contributed by atoms with Gasteiger partial charge in [-0.25, -0.2) is 0 Å². The Hall–Kier alpha value is -1.42. The lowest BCUT2D eigenvalue weighted by Gasteiger charge is -2.34. The molecule has 1 aromatic rings. The van der Waals surface area contributed by atoms with Crippen molar-refractivity contribution in [1.29, 1.82) is 0 Å². The summed E-state index contributed by atoms with van der Waals surface area (Å²) in [5.74, 6) is 0.480. The Morgan fingerprint density at radius 2 is 2.50 bits per heavy atom.